The SMILES string of the molecule is CCn1c([C@H]2CCCN(c3nc(N(C)C)nc(C)c3C)C2)nn(C)c1=O. The molecule has 0 spiro atoms. The minimum atomic E-state index is -0.0384. The first kappa shape index (κ1) is 18.4. The molecular weight excluding hydrogens is 330 g/mol. The predicted octanol–water partition coefficient (Wildman–Crippen LogP) is 1.46. The van der Waals surface area contributed by atoms with Crippen molar-refractivity contribution in [2.45, 2.75) is 46.1 Å². The summed E-state index contributed by atoms with van der Waals surface area (Å²) in [7, 11) is 5.64. The molecule has 1 aliphatic rings. The van der Waals surface area contributed by atoms with Gasteiger partial charge in [0.15, 0.2) is 0 Å². The van der Waals surface area contributed by atoms with Crippen LogP contribution in [0.5, 0.6) is 0 Å². The van der Waals surface area contributed by atoms with Crippen LogP contribution in [0.15, 0.2) is 4.79 Å². The fourth-order valence-electron chi connectivity index (χ4n) is 3.61. The zero-order valence-corrected chi connectivity index (χ0v) is 16.7. The average Bonchev–Trinajstić information content (AvgIpc) is 2.91. The average molecular weight is 359 g/mol. The molecule has 8 heteroatoms. The monoisotopic (exact) mass is 359 g/mol. The van der Waals surface area contributed by atoms with E-state index in [4.69, 9.17) is 4.98 Å². The Morgan fingerprint density at radius 1 is 1.23 bits per heavy atom. The van der Waals surface area contributed by atoms with Gasteiger partial charge in [0.25, 0.3) is 0 Å². The first-order valence-electron chi connectivity index (χ1n) is 9.24. The smallest absolute Gasteiger partial charge is 0.345 e. The van der Waals surface area contributed by atoms with Gasteiger partial charge in [0, 0.05) is 58.0 Å². The molecule has 0 N–H and O–H groups in total. The number of anilines is 2. The van der Waals surface area contributed by atoms with Crippen molar-refractivity contribution in [3.63, 3.8) is 0 Å². The summed E-state index contributed by atoms with van der Waals surface area (Å²) in [5.41, 5.74) is 2.08. The third-order valence-electron chi connectivity index (χ3n) is 5.19. The van der Waals surface area contributed by atoms with Crippen molar-refractivity contribution in [1.82, 2.24) is 24.3 Å². The molecule has 1 saturated heterocycles. The van der Waals surface area contributed by atoms with Gasteiger partial charge in [-0.15, -0.1) is 0 Å². The van der Waals surface area contributed by atoms with E-state index in [9.17, 15) is 4.79 Å². The molecule has 8 nitrogen and oxygen atoms in total. The predicted molar refractivity (Wildman–Crippen MR) is 103 cm³/mol. The molecule has 142 valence electrons. The lowest BCUT2D eigenvalue weighted by Crippen LogP contribution is -2.37. The molecule has 1 atom stereocenters. The molecule has 0 saturated carbocycles. The molecule has 0 radical (unpaired) electrons. The third-order valence-corrected chi connectivity index (χ3v) is 5.19. The number of hydrogen-bond acceptors (Lipinski definition) is 6. The summed E-state index contributed by atoms with van der Waals surface area (Å²) in [6, 6.07) is 0. The number of piperidine rings is 1. The van der Waals surface area contributed by atoms with Crippen molar-refractivity contribution in [1.29, 1.82) is 0 Å². The van der Waals surface area contributed by atoms with E-state index in [1.54, 1.807) is 11.6 Å². The van der Waals surface area contributed by atoms with E-state index in [0.29, 0.717) is 6.54 Å². The Labute approximate surface area is 154 Å². The van der Waals surface area contributed by atoms with Crippen LogP contribution in [0.1, 0.15) is 42.8 Å². The van der Waals surface area contributed by atoms with Gasteiger partial charge in [-0.25, -0.2) is 14.5 Å². The molecule has 0 aliphatic carbocycles. The van der Waals surface area contributed by atoms with Crippen LogP contribution in [-0.2, 0) is 13.6 Å². The van der Waals surface area contributed by atoms with Crippen molar-refractivity contribution in [3.05, 3.63) is 27.6 Å². The van der Waals surface area contributed by atoms with Gasteiger partial charge in [0.2, 0.25) is 5.95 Å². The molecule has 2 aromatic heterocycles. The molecule has 26 heavy (non-hydrogen) atoms. The van der Waals surface area contributed by atoms with Gasteiger partial charge in [-0.2, -0.15) is 10.1 Å². The van der Waals surface area contributed by atoms with Crippen LogP contribution >= 0.6 is 0 Å². The lowest BCUT2D eigenvalue weighted by molar-refractivity contribution is 0.467. The minimum Gasteiger partial charge on any atom is -0.355 e. The first-order valence-corrected chi connectivity index (χ1v) is 9.24. The van der Waals surface area contributed by atoms with Gasteiger partial charge >= 0.3 is 5.69 Å². The highest BCUT2D eigenvalue weighted by Crippen LogP contribution is 2.30. The Morgan fingerprint density at radius 3 is 2.62 bits per heavy atom. The highest BCUT2D eigenvalue weighted by Gasteiger charge is 2.28. The summed E-state index contributed by atoms with van der Waals surface area (Å²) in [5.74, 6) is 2.84. The molecule has 0 unspecified atom stereocenters. The van der Waals surface area contributed by atoms with Gasteiger partial charge in [0.05, 0.1) is 0 Å². The largest absolute Gasteiger partial charge is 0.355 e. The summed E-state index contributed by atoms with van der Waals surface area (Å²) >= 11 is 0. The summed E-state index contributed by atoms with van der Waals surface area (Å²) in [6.45, 7) is 8.53. The zero-order valence-electron chi connectivity index (χ0n) is 16.7. The number of aromatic nitrogens is 5. The number of rotatable bonds is 4. The summed E-state index contributed by atoms with van der Waals surface area (Å²) in [5, 5.41) is 4.52. The van der Waals surface area contributed by atoms with E-state index in [2.05, 4.69) is 21.9 Å². The fourth-order valence-corrected chi connectivity index (χ4v) is 3.61. The zero-order chi connectivity index (χ0) is 19.0. The minimum absolute atomic E-state index is 0.0384. The Hall–Kier alpha value is -2.38. The second kappa shape index (κ2) is 7.09. The van der Waals surface area contributed by atoms with E-state index >= 15 is 0 Å². The van der Waals surface area contributed by atoms with E-state index in [1.807, 2.05) is 32.8 Å². The van der Waals surface area contributed by atoms with Gasteiger partial charge in [-0.1, -0.05) is 0 Å². The molecular formula is C18H29N7O. The number of aryl methyl sites for hydroxylation is 2. The van der Waals surface area contributed by atoms with Crippen LogP contribution in [0.3, 0.4) is 0 Å². The van der Waals surface area contributed by atoms with Crippen molar-refractivity contribution in [2.24, 2.45) is 7.05 Å². The highest BCUT2D eigenvalue weighted by atomic mass is 16.2. The van der Waals surface area contributed by atoms with Crippen molar-refractivity contribution in [2.75, 3.05) is 37.0 Å². The highest BCUT2D eigenvalue weighted by molar-refractivity contribution is 5.52. The fraction of sp³-hybridized carbons (Fsp3) is 0.667. The molecule has 3 rings (SSSR count). The summed E-state index contributed by atoms with van der Waals surface area (Å²) in [4.78, 5) is 25.9. The van der Waals surface area contributed by atoms with E-state index in [1.165, 1.54) is 4.68 Å². The van der Waals surface area contributed by atoms with Crippen LogP contribution in [0.2, 0.25) is 0 Å². The summed E-state index contributed by atoms with van der Waals surface area (Å²) < 4.78 is 3.24. The van der Waals surface area contributed by atoms with Crippen LogP contribution in [0.25, 0.3) is 0 Å². The van der Waals surface area contributed by atoms with Gasteiger partial charge in [-0.05, 0) is 33.6 Å². The molecule has 0 bridgehead atoms. The van der Waals surface area contributed by atoms with Crippen LogP contribution in [0, 0.1) is 13.8 Å². The van der Waals surface area contributed by atoms with Crippen LogP contribution in [-0.4, -0.2) is 51.5 Å². The topological polar surface area (TPSA) is 72.1 Å². The molecule has 1 fully saturated rings. The van der Waals surface area contributed by atoms with Crippen LogP contribution in [0.4, 0.5) is 11.8 Å². The van der Waals surface area contributed by atoms with E-state index < -0.39 is 0 Å². The number of hydrogen-bond donors (Lipinski definition) is 0. The number of nitrogens with zero attached hydrogens (tertiary/aromatic N) is 7. The normalized spacial score (nSPS) is 17.6. The Kier molecular flexibility index (Phi) is 5.02. The van der Waals surface area contributed by atoms with Gasteiger partial charge < -0.3 is 9.80 Å². The quantitative estimate of drug-likeness (QED) is 0.823. The maximum Gasteiger partial charge on any atom is 0.345 e. The molecule has 1 aliphatic heterocycles. The van der Waals surface area contributed by atoms with Gasteiger partial charge in [-0.3, -0.25) is 4.57 Å². The molecule has 2 aromatic rings. The molecule has 3 heterocycles. The van der Waals surface area contributed by atoms with Crippen molar-refractivity contribution >= 4 is 11.8 Å². The lowest BCUT2D eigenvalue weighted by Gasteiger charge is -2.34. The Morgan fingerprint density at radius 2 is 1.96 bits per heavy atom. The van der Waals surface area contributed by atoms with Crippen molar-refractivity contribution < 1.29 is 0 Å². The summed E-state index contributed by atoms with van der Waals surface area (Å²) in [6.07, 6.45) is 2.09. The van der Waals surface area contributed by atoms with E-state index in [0.717, 1.165) is 54.8 Å². The van der Waals surface area contributed by atoms with Crippen molar-refractivity contribution in [3.8, 4) is 0 Å². The maximum absolute atomic E-state index is 12.3. The Balaban J connectivity index is 1.95. The maximum atomic E-state index is 12.3. The van der Waals surface area contributed by atoms with E-state index in [-0.39, 0.29) is 11.6 Å². The van der Waals surface area contributed by atoms with Gasteiger partial charge in [0.1, 0.15) is 11.6 Å². The lowest BCUT2D eigenvalue weighted by atomic mass is 9.96. The van der Waals surface area contributed by atoms with Crippen LogP contribution < -0.4 is 15.5 Å². The first-order chi connectivity index (χ1) is 12.3. The Bertz CT molecular complexity index is 852. The third kappa shape index (κ3) is 3.20. The standard InChI is InChI=1S/C18H29N7O/c1-7-25-16(21-23(6)18(25)26)14-9-8-10-24(11-14)15-12(2)13(3)19-17(20-15)22(4)5/h14H,7-11H2,1-6H3/t14-/m0/s1. The molecule has 0 aromatic carbocycles. The second-order valence-electron chi connectivity index (χ2n) is 7.25. The second-order valence-corrected chi connectivity index (χ2v) is 7.25. The molecule has 0 amide bonds.